The molecule has 0 aliphatic carbocycles. The molecule has 0 heterocycles. The fourth-order valence-electron chi connectivity index (χ4n) is 0.675. The van der Waals surface area contributed by atoms with E-state index in [1.807, 2.05) is 6.07 Å². The zero-order valence-electron chi connectivity index (χ0n) is 5.51. The van der Waals surface area contributed by atoms with Crippen LogP contribution in [0.5, 0.6) is 0 Å². The first-order valence-electron chi connectivity index (χ1n) is 3.00. The number of rotatable bonds is 2. The molecule has 0 saturated carbocycles. The molecule has 0 amide bonds. The highest BCUT2D eigenvalue weighted by molar-refractivity contribution is 7.99. The second-order valence-corrected chi connectivity index (χ2v) is 2.97. The van der Waals surface area contributed by atoms with Crippen molar-refractivity contribution in [1.82, 2.24) is 0 Å². The average Bonchev–Trinajstić information content (AvgIpc) is 1.88. The Labute approximate surface area is 64.4 Å². The van der Waals surface area contributed by atoms with Crippen molar-refractivity contribution >= 4 is 11.8 Å². The van der Waals surface area contributed by atoms with Gasteiger partial charge in [0.15, 0.2) is 0 Å². The van der Waals surface area contributed by atoms with Crippen LogP contribution in [0.4, 0.5) is 4.39 Å². The van der Waals surface area contributed by atoms with Gasteiger partial charge in [-0.25, -0.2) is 4.39 Å². The van der Waals surface area contributed by atoms with Gasteiger partial charge in [-0.15, -0.1) is 11.8 Å². The van der Waals surface area contributed by atoms with Crippen molar-refractivity contribution in [2.24, 2.45) is 0 Å². The van der Waals surface area contributed by atoms with Crippen LogP contribution in [0.3, 0.4) is 0 Å². The van der Waals surface area contributed by atoms with Gasteiger partial charge in [-0.2, -0.15) is 0 Å². The van der Waals surface area contributed by atoms with E-state index in [1.54, 1.807) is 6.07 Å². The first-order valence-corrected chi connectivity index (χ1v) is 3.99. The smallest absolute Gasteiger partial charge is 0.124 e. The molecule has 0 nitrogen and oxygen atoms in total. The molecular formula is C8H8FS. The number of hydrogen-bond acceptors (Lipinski definition) is 1. The van der Waals surface area contributed by atoms with Gasteiger partial charge in [-0.05, 0) is 30.9 Å². The summed E-state index contributed by atoms with van der Waals surface area (Å²) in [5.74, 6) is 0.558. The lowest BCUT2D eigenvalue weighted by Crippen LogP contribution is -1.75. The van der Waals surface area contributed by atoms with Crippen LogP contribution < -0.4 is 0 Å². The van der Waals surface area contributed by atoms with Gasteiger partial charge in [-0.1, -0.05) is 6.07 Å². The number of benzene rings is 1. The molecule has 0 bridgehead atoms. The maximum atomic E-state index is 12.5. The van der Waals surface area contributed by atoms with E-state index in [4.69, 9.17) is 0 Å². The molecule has 0 aliphatic rings. The number of hydrogen-bond donors (Lipinski definition) is 0. The zero-order chi connectivity index (χ0) is 7.40. The van der Waals surface area contributed by atoms with Crippen LogP contribution in [0.2, 0.25) is 0 Å². The SMILES string of the molecule is [CH2]CSc1cccc(F)c1. The van der Waals surface area contributed by atoms with Crippen molar-refractivity contribution in [2.45, 2.75) is 4.90 Å². The summed E-state index contributed by atoms with van der Waals surface area (Å²) < 4.78 is 12.5. The Balaban J connectivity index is 2.75. The van der Waals surface area contributed by atoms with Crippen molar-refractivity contribution in [3.05, 3.63) is 37.0 Å². The molecule has 0 aliphatic heterocycles. The summed E-state index contributed by atoms with van der Waals surface area (Å²) in [6, 6.07) is 6.52. The topological polar surface area (TPSA) is 0 Å². The molecule has 0 unspecified atom stereocenters. The Morgan fingerprint density at radius 2 is 2.30 bits per heavy atom. The lowest BCUT2D eigenvalue weighted by molar-refractivity contribution is 0.624. The predicted octanol–water partition coefficient (Wildman–Crippen LogP) is 2.75. The van der Waals surface area contributed by atoms with E-state index < -0.39 is 0 Å². The number of halogens is 1. The van der Waals surface area contributed by atoms with E-state index in [-0.39, 0.29) is 5.82 Å². The Hall–Kier alpha value is -0.500. The minimum atomic E-state index is -0.182. The van der Waals surface area contributed by atoms with E-state index in [2.05, 4.69) is 6.92 Å². The van der Waals surface area contributed by atoms with Crippen LogP contribution in [0, 0.1) is 12.7 Å². The molecule has 2 heteroatoms. The lowest BCUT2D eigenvalue weighted by Gasteiger charge is -1.95. The summed E-state index contributed by atoms with van der Waals surface area (Å²) in [5.41, 5.74) is 0. The maximum Gasteiger partial charge on any atom is 0.124 e. The third-order valence-electron chi connectivity index (χ3n) is 1.06. The molecule has 0 fully saturated rings. The van der Waals surface area contributed by atoms with E-state index in [0.717, 1.165) is 10.6 Å². The Kier molecular flexibility index (Phi) is 2.75. The fraction of sp³-hybridized carbons (Fsp3) is 0.125. The van der Waals surface area contributed by atoms with Gasteiger partial charge in [0.1, 0.15) is 5.82 Å². The minimum absolute atomic E-state index is 0.182. The van der Waals surface area contributed by atoms with Crippen LogP contribution in [0.15, 0.2) is 29.2 Å². The highest BCUT2D eigenvalue weighted by Crippen LogP contribution is 2.17. The Morgan fingerprint density at radius 3 is 2.90 bits per heavy atom. The lowest BCUT2D eigenvalue weighted by atomic mass is 10.4. The van der Waals surface area contributed by atoms with E-state index in [1.165, 1.54) is 23.9 Å². The standard InChI is InChI=1S/C8H8FS/c1-2-10-8-5-3-4-7(9)6-8/h3-6H,1-2H2. The molecule has 1 rings (SSSR count). The molecule has 0 saturated heterocycles. The van der Waals surface area contributed by atoms with Crippen LogP contribution in [0.25, 0.3) is 0 Å². The van der Waals surface area contributed by atoms with Crippen molar-refractivity contribution in [2.75, 3.05) is 5.75 Å². The molecule has 53 valence electrons. The summed E-state index contributed by atoms with van der Waals surface area (Å²) >= 11 is 1.54. The summed E-state index contributed by atoms with van der Waals surface area (Å²) in [6.07, 6.45) is 0. The second-order valence-electron chi connectivity index (χ2n) is 1.81. The number of thioether (sulfide) groups is 1. The second kappa shape index (κ2) is 3.62. The zero-order valence-corrected chi connectivity index (χ0v) is 6.33. The van der Waals surface area contributed by atoms with Crippen molar-refractivity contribution in [1.29, 1.82) is 0 Å². The van der Waals surface area contributed by atoms with Crippen molar-refractivity contribution < 1.29 is 4.39 Å². The van der Waals surface area contributed by atoms with Crippen LogP contribution >= 0.6 is 11.8 Å². The molecule has 1 radical (unpaired) electrons. The quantitative estimate of drug-likeness (QED) is 0.592. The average molecular weight is 155 g/mol. The fourth-order valence-corrected chi connectivity index (χ4v) is 1.28. The van der Waals surface area contributed by atoms with Crippen molar-refractivity contribution in [3.8, 4) is 0 Å². The monoisotopic (exact) mass is 155 g/mol. The summed E-state index contributed by atoms with van der Waals surface area (Å²) in [5, 5.41) is 0. The van der Waals surface area contributed by atoms with E-state index >= 15 is 0 Å². The summed E-state index contributed by atoms with van der Waals surface area (Å²) in [6.45, 7) is 3.65. The van der Waals surface area contributed by atoms with Gasteiger partial charge in [0.2, 0.25) is 0 Å². The predicted molar refractivity (Wildman–Crippen MR) is 42.5 cm³/mol. The summed E-state index contributed by atoms with van der Waals surface area (Å²) in [7, 11) is 0. The molecule has 0 N–H and O–H groups in total. The van der Waals surface area contributed by atoms with E-state index in [0.29, 0.717) is 0 Å². The highest BCUT2D eigenvalue weighted by atomic mass is 32.2. The van der Waals surface area contributed by atoms with Crippen LogP contribution in [-0.2, 0) is 0 Å². The van der Waals surface area contributed by atoms with Gasteiger partial charge in [0.25, 0.3) is 0 Å². The minimum Gasteiger partial charge on any atom is -0.207 e. The molecule has 0 spiro atoms. The molecule has 1 aromatic carbocycles. The van der Waals surface area contributed by atoms with Gasteiger partial charge < -0.3 is 0 Å². The van der Waals surface area contributed by atoms with Gasteiger partial charge in [0, 0.05) is 4.90 Å². The maximum absolute atomic E-state index is 12.5. The van der Waals surface area contributed by atoms with Crippen LogP contribution in [-0.4, -0.2) is 5.75 Å². The molecule has 10 heavy (non-hydrogen) atoms. The first kappa shape index (κ1) is 7.61. The van der Waals surface area contributed by atoms with E-state index in [9.17, 15) is 4.39 Å². The van der Waals surface area contributed by atoms with Crippen molar-refractivity contribution in [3.63, 3.8) is 0 Å². The molecule has 1 aromatic rings. The Bertz CT molecular complexity index is 210. The molecule has 0 aromatic heterocycles. The highest BCUT2D eigenvalue weighted by Gasteiger charge is 1.91. The summed E-state index contributed by atoms with van der Waals surface area (Å²) in [4.78, 5) is 0.940. The molecular weight excluding hydrogens is 147 g/mol. The third-order valence-corrected chi connectivity index (χ3v) is 1.86. The van der Waals surface area contributed by atoms with Gasteiger partial charge in [-0.3, -0.25) is 0 Å². The van der Waals surface area contributed by atoms with Gasteiger partial charge >= 0.3 is 0 Å². The third kappa shape index (κ3) is 2.03. The normalized spacial score (nSPS) is 9.80. The first-order chi connectivity index (χ1) is 4.83. The van der Waals surface area contributed by atoms with Crippen LogP contribution in [0.1, 0.15) is 0 Å². The van der Waals surface area contributed by atoms with Gasteiger partial charge in [0.05, 0.1) is 0 Å². The Morgan fingerprint density at radius 1 is 1.50 bits per heavy atom. The molecule has 0 atom stereocenters. The largest absolute Gasteiger partial charge is 0.207 e.